The van der Waals surface area contributed by atoms with Crippen molar-refractivity contribution in [3.8, 4) is 0 Å². The predicted octanol–water partition coefficient (Wildman–Crippen LogP) is 3.05. The highest BCUT2D eigenvalue weighted by atomic mass is 35.5. The highest BCUT2D eigenvalue weighted by Gasteiger charge is 2.31. The molecule has 0 saturated carbocycles. The number of fused-ring (bicyclic) bond motifs is 1. The minimum Gasteiger partial charge on any atom is -0.462 e. The van der Waals surface area contributed by atoms with Crippen LogP contribution in [0, 0.1) is 0 Å². The highest BCUT2D eigenvalue weighted by Crippen LogP contribution is 2.37. The molecule has 39 heavy (non-hydrogen) atoms. The molecule has 0 atom stereocenters. The van der Waals surface area contributed by atoms with Crippen LogP contribution < -0.4 is 5.32 Å². The molecule has 2 aromatic rings. The maximum absolute atomic E-state index is 13.1. The van der Waals surface area contributed by atoms with E-state index in [1.165, 1.54) is 44.8 Å². The Morgan fingerprint density at radius 2 is 1.62 bits per heavy atom. The van der Waals surface area contributed by atoms with Crippen molar-refractivity contribution in [3.63, 3.8) is 0 Å². The van der Waals surface area contributed by atoms with Crippen LogP contribution in [0.1, 0.15) is 45.0 Å². The predicted molar refractivity (Wildman–Crippen MR) is 149 cm³/mol. The Balaban J connectivity index is 0.00000420. The number of hydrogen-bond donors (Lipinski definition) is 1. The molecule has 0 unspecified atom stereocenters. The van der Waals surface area contributed by atoms with Gasteiger partial charge < -0.3 is 24.6 Å². The molecular weight excluding hydrogens is 568 g/mol. The fourth-order valence-electron chi connectivity index (χ4n) is 4.47. The van der Waals surface area contributed by atoms with Crippen LogP contribution in [0.3, 0.4) is 0 Å². The number of rotatable bonds is 7. The first-order valence-corrected chi connectivity index (χ1v) is 14.7. The van der Waals surface area contributed by atoms with Crippen LogP contribution in [0.5, 0.6) is 0 Å². The Kier molecular flexibility index (Phi) is 10.4. The summed E-state index contributed by atoms with van der Waals surface area (Å²) in [6.07, 6.45) is 0.233. The lowest BCUT2D eigenvalue weighted by atomic mass is 10.0. The van der Waals surface area contributed by atoms with Gasteiger partial charge in [-0.05, 0) is 57.1 Å². The molecule has 2 aliphatic heterocycles. The van der Waals surface area contributed by atoms with E-state index in [9.17, 15) is 22.8 Å². The summed E-state index contributed by atoms with van der Waals surface area (Å²) in [5, 5.41) is 3.27. The molecule has 1 aromatic heterocycles. The summed E-state index contributed by atoms with van der Waals surface area (Å²) in [5.74, 6) is -0.913. The zero-order chi connectivity index (χ0) is 27.4. The third kappa shape index (κ3) is 6.72. The molecule has 4 rings (SSSR count). The Morgan fingerprint density at radius 3 is 2.23 bits per heavy atom. The molecule has 14 heteroatoms. The van der Waals surface area contributed by atoms with Gasteiger partial charge in [-0.2, -0.15) is 4.31 Å². The minimum absolute atomic E-state index is 0. The average molecular weight is 601 g/mol. The molecule has 1 aromatic carbocycles. The SMILES string of the molecule is CCOC(=O)c1c(NC(=O)c2ccc(S(=O)(=O)N3CCN(C(=O)OCC)CC3)cc2)sc2c1CCN(C)C2.Cl. The van der Waals surface area contributed by atoms with Crippen molar-refractivity contribution in [2.75, 3.05) is 58.3 Å². The molecule has 11 nitrogen and oxygen atoms in total. The van der Waals surface area contributed by atoms with Crippen LogP contribution in [0.4, 0.5) is 9.80 Å². The van der Waals surface area contributed by atoms with E-state index in [2.05, 4.69) is 10.2 Å². The third-order valence-electron chi connectivity index (χ3n) is 6.47. The van der Waals surface area contributed by atoms with Crippen molar-refractivity contribution in [1.82, 2.24) is 14.1 Å². The number of thiophene rings is 1. The van der Waals surface area contributed by atoms with Crippen LogP contribution in [-0.2, 0) is 32.5 Å². The van der Waals surface area contributed by atoms with E-state index in [0.29, 0.717) is 23.5 Å². The zero-order valence-electron chi connectivity index (χ0n) is 22.1. The second-order valence-electron chi connectivity index (χ2n) is 8.98. The van der Waals surface area contributed by atoms with Gasteiger partial charge >= 0.3 is 12.1 Å². The lowest BCUT2D eigenvalue weighted by molar-refractivity contribution is 0.0526. The van der Waals surface area contributed by atoms with Gasteiger partial charge in [-0.25, -0.2) is 18.0 Å². The number of likely N-dealkylation sites (N-methyl/N-ethyl adjacent to an activating group) is 1. The molecule has 2 amide bonds. The standard InChI is InChI=1S/C25H32N4O7S2.ClH/c1-4-35-24(31)21-19-10-11-27(3)16-20(19)37-23(21)26-22(30)17-6-8-18(9-7-17)38(33,34)29-14-12-28(13-15-29)25(32)36-5-2;/h6-9H,4-5,10-16H2,1-3H3,(H,26,30);1H. The largest absolute Gasteiger partial charge is 0.462 e. The minimum atomic E-state index is -3.80. The molecule has 1 fully saturated rings. The number of ether oxygens (including phenoxy) is 2. The van der Waals surface area contributed by atoms with E-state index in [-0.39, 0.29) is 62.3 Å². The van der Waals surface area contributed by atoms with Crippen molar-refractivity contribution in [1.29, 1.82) is 0 Å². The van der Waals surface area contributed by atoms with Gasteiger partial charge in [0, 0.05) is 49.7 Å². The van der Waals surface area contributed by atoms with E-state index < -0.39 is 28.0 Å². The fourth-order valence-corrected chi connectivity index (χ4v) is 7.20. The van der Waals surface area contributed by atoms with E-state index in [1.807, 2.05) is 7.05 Å². The Labute approximate surface area is 238 Å². The van der Waals surface area contributed by atoms with Crippen molar-refractivity contribution in [2.24, 2.45) is 0 Å². The number of nitrogens with zero attached hydrogens (tertiary/aromatic N) is 3. The number of piperazine rings is 1. The van der Waals surface area contributed by atoms with Crippen LogP contribution in [-0.4, -0.2) is 93.5 Å². The van der Waals surface area contributed by atoms with Crippen molar-refractivity contribution < 1.29 is 32.3 Å². The third-order valence-corrected chi connectivity index (χ3v) is 9.52. The lowest BCUT2D eigenvalue weighted by Crippen LogP contribution is -2.50. The van der Waals surface area contributed by atoms with Crippen molar-refractivity contribution in [2.45, 2.75) is 31.7 Å². The Morgan fingerprint density at radius 1 is 0.974 bits per heavy atom. The van der Waals surface area contributed by atoms with E-state index >= 15 is 0 Å². The summed E-state index contributed by atoms with van der Waals surface area (Å²) in [6, 6.07) is 5.68. The van der Waals surface area contributed by atoms with Gasteiger partial charge in [0.25, 0.3) is 5.91 Å². The maximum atomic E-state index is 13.1. The number of amides is 2. The van der Waals surface area contributed by atoms with Crippen LogP contribution in [0.2, 0.25) is 0 Å². The molecule has 1 N–H and O–H groups in total. The number of carbonyl (C=O) groups excluding carboxylic acids is 3. The molecule has 1 saturated heterocycles. The lowest BCUT2D eigenvalue weighted by Gasteiger charge is -2.33. The monoisotopic (exact) mass is 600 g/mol. The van der Waals surface area contributed by atoms with Gasteiger partial charge in [-0.3, -0.25) is 4.79 Å². The zero-order valence-corrected chi connectivity index (χ0v) is 24.5. The summed E-state index contributed by atoms with van der Waals surface area (Å²) in [7, 11) is -1.80. The Hall–Kier alpha value is -2.71. The molecule has 0 bridgehead atoms. The number of halogens is 1. The van der Waals surface area contributed by atoms with Crippen molar-refractivity contribution >= 4 is 56.7 Å². The van der Waals surface area contributed by atoms with Gasteiger partial charge in [-0.1, -0.05) is 0 Å². The van der Waals surface area contributed by atoms with Crippen molar-refractivity contribution in [3.05, 3.63) is 45.8 Å². The summed E-state index contributed by atoms with van der Waals surface area (Å²) in [4.78, 5) is 42.4. The summed E-state index contributed by atoms with van der Waals surface area (Å²) in [5.41, 5.74) is 1.56. The number of benzene rings is 1. The van der Waals surface area contributed by atoms with Gasteiger partial charge in [0.2, 0.25) is 10.0 Å². The van der Waals surface area contributed by atoms with E-state index in [1.54, 1.807) is 13.8 Å². The summed E-state index contributed by atoms with van der Waals surface area (Å²) in [6.45, 7) is 6.20. The molecule has 0 aliphatic carbocycles. The second kappa shape index (κ2) is 13.1. The number of anilines is 1. The molecule has 214 valence electrons. The molecule has 0 radical (unpaired) electrons. The molecule has 3 heterocycles. The van der Waals surface area contributed by atoms with Gasteiger partial charge in [-0.15, -0.1) is 23.7 Å². The summed E-state index contributed by atoms with van der Waals surface area (Å²) < 4.78 is 37.8. The quantitative estimate of drug-likeness (QED) is 0.481. The van der Waals surface area contributed by atoms with Crippen LogP contribution in [0.15, 0.2) is 29.2 Å². The Bertz CT molecular complexity index is 1310. The van der Waals surface area contributed by atoms with Crippen LogP contribution >= 0.6 is 23.7 Å². The normalized spacial score (nSPS) is 16.1. The second-order valence-corrected chi connectivity index (χ2v) is 12.0. The first-order chi connectivity index (χ1) is 18.1. The maximum Gasteiger partial charge on any atom is 0.409 e. The summed E-state index contributed by atoms with van der Waals surface area (Å²) >= 11 is 1.36. The fraction of sp³-hybridized carbons (Fsp3) is 0.480. The number of carbonyl (C=O) groups is 3. The van der Waals surface area contributed by atoms with E-state index in [0.717, 1.165) is 17.0 Å². The number of esters is 1. The van der Waals surface area contributed by atoms with Crippen LogP contribution in [0.25, 0.3) is 0 Å². The van der Waals surface area contributed by atoms with Gasteiger partial charge in [0.05, 0.1) is 23.7 Å². The first kappa shape index (κ1) is 30.8. The van der Waals surface area contributed by atoms with Gasteiger partial charge in [0.1, 0.15) is 5.00 Å². The highest BCUT2D eigenvalue weighted by molar-refractivity contribution is 7.89. The molecule has 2 aliphatic rings. The number of hydrogen-bond acceptors (Lipinski definition) is 9. The number of nitrogens with one attached hydrogen (secondary N) is 1. The first-order valence-electron chi connectivity index (χ1n) is 12.5. The number of sulfonamides is 1. The molecular formula is C25H33ClN4O7S2. The molecule has 0 spiro atoms. The average Bonchev–Trinajstić information content (AvgIpc) is 3.25. The van der Waals surface area contributed by atoms with Gasteiger partial charge in [0.15, 0.2) is 0 Å². The topological polar surface area (TPSA) is 126 Å². The van der Waals surface area contributed by atoms with E-state index in [4.69, 9.17) is 9.47 Å². The smallest absolute Gasteiger partial charge is 0.409 e.